The Hall–Kier alpha value is -0.455. The number of hydrogen-bond acceptors (Lipinski definition) is 0. The molecule has 0 saturated heterocycles. The summed E-state index contributed by atoms with van der Waals surface area (Å²) in [6.07, 6.45) is 7.94. The van der Waals surface area contributed by atoms with Crippen LogP contribution in [0.4, 0.5) is 0 Å². The number of hydrogen-bond donors (Lipinski definition) is 0. The van der Waals surface area contributed by atoms with Gasteiger partial charge in [0.2, 0.25) is 0 Å². The van der Waals surface area contributed by atoms with Gasteiger partial charge in [-0.2, -0.15) is 0 Å². The maximum absolute atomic E-state index is 2.33. The van der Waals surface area contributed by atoms with Crippen LogP contribution in [0.15, 0.2) is 23.8 Å². The Labute approximate surface area is 58.1 Å². The van der Waals surface area contributed by atoms with Crippen LogP contribution in [0.5, 0.6) is 0 Å². The summed E-state index contributed by atoms with van der Waals surface area (Å²) in [5.41, 5.74) is 1.39. The Balaban J connectivity index is 2.78. The van der Waals surface area contributed by atoms with Crippen LogP contribution in [0.1, 0.15) is 20.3 Å². The molecule has 1 atom stereocenters. The second-order valence-corrected chi connectivity index (χ2v) is 3.48. The number of allylic oxidation sites excluding steroid dienone is 4. The van der Waals surface area contributed by atoms with Gasteiger partial charge in [-0.1, -0.05) is 30.7 Å². The fourth-order valence-electron chi connectivity index (χ4n) is 1.27. The van der Waals surface area contributed by atoms with Crippen molar-refractivity contribution in [3.63, 3.8) is 0 Å². The van der Waals surface area contributed by atoms with Crippen molar-refractivity contribution in [1.29, 1.82) is 0 Å². The van der Waals surface area contributed by atoms with E-state index in [0.717, 1.165) is 0 Å². The first-order valence-corrected chi connectivity index (χ1v) is 3.46. The van der Waals surface area contributed by atoms with E-state index in [1.165, 1.54) is 12.0 Å². The van der Waals surface area contributed by atoms with Crippen LogP contribution in [0.3, 0.4) is 0 Å². The van der Waals surface area contributed by atoms with Gasteiger partial charge in [0.25, 0.3) is 0 Å². The van der Waals surface area contributed by atoms with Crippen molar-refractivity contribution in [3.8, 4) is 0 Å². The zero-order chi connectivity index (χ0) is 6.91. The van der Waals surface area contributed by atoms with Crippen LogP contribution >= 0.6 is 0 Å². The first-order chi connectivity index (χ1) is 4.10. The molecule has 0 aliphatic heterocycles. The first kappa shape index (κ1) is 6.66. The topological polar surface area (TPSA) is 0 Å². The molecule has 1 heteroatoms. The summed E-state index contributed by atoms with van der Waals surface area (Å²) >= 11 is 0. The van der Waals surface area contributed by atoms with E-state index < -0.39 is 0 Å². The molecule has 0 aromatic heterocycles. The molecular formula is C8H13B. The standard InChI is InChI=1S/C8H13B/c1-7-4-3-5-8(2,9)6-7/h3-4,6H,5,9H2,1-2H3. The second-order valence-electron chi connectivity index (χ2n) is 3.48. The first-order valence-electron chi connectivity index (χ1n) is 3.46. The van der Waals surface area contributed by atoms with E-state index in [9.17, 15) is 0 Å². The molecular weight excluding hydrogens is 107 g/mol. The molecule has 0 amide bonds. The third-order valence-electron chi connectivity index (χ3n) is 1.64. The molecule has 0 nitrogen and oxygen atoms in total. The summed E-state index contributed by atoms with van der Waals surface area (Å²) in [6, 6.07) is 0. The molecule has 0 radical (unpaired) electrons. The Morgan fingerprint density at radius 2 is 2.33 bits per heavy atom. The van der Waals surface area contributed by atoms with Gasteiger partial charge in [-0.15, -0.1) is 0 Å². The smallest absolute Gasteiger partial charge is 0.0842 e. The van der Waals surface area contributed by atoms with Crippen LogP contribution in [0.2, 0.25) is 5.31 Å². The quantitative estimate of drug-likeness (QED) is 0.427. The summed E-state index contributed by atoms with van der Waals surface area (Å²) in [5, 5.41) is 0.402. The van der Waals surface area contributed by atoms with E-state index in [4.69, 9.17) is 0 Å². The summed E-state index contributed by atoms with van der Waals surface area (Å²) in [7, 11) is 2.26. The maximum Gasteiger partial charge on any atom is 0.114 e. The lowest BCUT2D eigenvalue weighted by molar-refractivity contribution is 0.756. The van der Waals surface area contributed by atoms with Gasteiger partial charge in [0, 0.05) is 0 Å². The van der Waals surface area contributed by atoms with Crippen LogP contribution in [0, 0.1) is 0 Å². The van der Waals surface area contributed by atoms with E-state index in [1.54, 1.807) is 0 Å². The van der Waals surface area contributed by atoms with E-state index in [1.807, 2.05) is 0 Å². The molecule has 0 aromatic carbocycles. The van der Waals surface area contributed by atoms with Crippen molar-refractivity contribution in [2.24, 2.45) is 0 Å². The van der Waals surface area contributed by atoms with Gasteiger partial charge in [-0.3, -0.25) is 0 Å². The van der Waals surface area contributed by atoms with E-state index >= 15 is 0 Å². The highest BCUT2D eigenvalue weighted by atomic mass is 14.1. The van der Waals surface area contributed by atoms with Gasteiger partial charge < -0.3 is 0 Å². The van der Waals surface area contributed by atoms with E-state index in [-0.39, 0.29) is 0 Å². The zero-order valence-corrected chi connectivity index (χ0v) is 6.44. The fourth-order valence-corrected chi connectivity index (χ4v) is 1.27. The van der Waals surface area contributed by atoms with Crippen LogP contribution < -0.4 is 0 Å². The molecule has 1 unspecified atom stereocenters. The molecule has 9 heavy (non-hydrogen) atoms. The van der Waals surface area contributed by atoms with Gasteiger partial charge in [0.15, 0.2) is 0 Å². The van der Waals surface area contributed by atoms with Crippen molar-refractivity contribution < 1.29 is 0 Å². The highest BCUT2D eigenvalue weighted by molar-refractivity contribution is 6.16. The average molecular weight is 120 g/mol. The molecule has 48 valence electrons. The van der Waals surface area contributed by atoms with Crippen LogP contribution in [-0.2, 0) is 0 Å². The predicted molar refractivity (Wildman–Crippen MR) is 44.4 cm³/mol. The average Bonchev–Trinajstić information content (AvgIpc) is 1.60. The summed E-state index contributed by atoms with van der Waals surface area (Å²) in [5.74, 6) is 0. The van der Waals surface area contributed by atoms with Gasteiger partial charge >= 0.3 is 0 Å². The van der Waals surface area contributed by atoms with Crippen LogP contribution in [-0.4, -0.2) is 7.85 Å². The normalized spacial score (nSPS) is 34.2. The summed E-state index contributed by atoms with van der Waals surface area (Å²) < 4.78 is 0. The Bertz CT molecular complexity index is 163. The Morgan fingerprint density at radius 1 is 1.67 bits per heavy atom. The van der Waals surface area contributed by atoms with Crippen molar-refractivity contribution >= 4 is 7.85 Å². The Morgan fingerprint density at radius 3 is 2.67 bits per heavy atom. The molecule has 0 aromatic rings. The lowest BCUT2D eigenvalue weighted by atomic mass is 9.66. The second kappa shape index (κ2) is 2.05. The lowest BCUT2D eigenvalue weighted by Gasteiger charge is -2.21. The van der Waals surface area contributed by atoms with Crippen molar-refractivity contribution in [2.75, 3.05) is 0 Å². The molecule has 1 aliphatic carbocycles. The zero-order valence-electron chi connectivity index (χ0n) is 6.44. The lowest BCUT2D eigenvalue weighted by Crippen LogP contribution is -2.05. The summed E-state index contributed by atoms with van der Waals surface area (Å²) in [4.78, 5) is 0. The molecule has 0 bridgehead atoms. The van der Waals surface area contributed by atoms with Gasteiger partial charge in [0.05, 0.1) is 0 Å². The van der Waals surface area contributed by atoms with Crippen LogP contribution in [0.25, 0.3) is 0 Å². The van der Waals surface area contributed by atoms with Crippen molar-refractivity contribution in [1.82, 2.24) is 0 Å². The fraction of sp³-hybridized carbons (Fsp3) is 0.500. The monoisotopic (exact) mass is 120 g/mol. The van der Waals surface area contributed by atoms with E-state index in [2.05, 4.69) is 39.9 Å². The predicted octanol–water partition coefficient (Wildman–Crippen LogP) is 1.70. The minimum absolute atomic E-state index is 0.402. The van der Waals surface area contributed by atoms with Crippen molar-refractivity contribution in [3.05, 3.63) is 23.8 Å². The molecule has 0 fully saturated rings. The highest BCUT2D eigenvalue weighted by Gasteiger charge is 2.14. The highest BCUT2D eigenvalue weighted by Crippen LogP contribution is 2.32. The molecule has 0 heterocycles. The molecule has 0 N–H and O–H groups in total. The molecule has 0 spiro atoms. The molecule has 0 saturated carbocycles. The minimum atomic E-state index is 0.402. The molecule has 1 aliphatic rings. The third kappa shape index (κ3) is 1.74. The van der Waals surface area contributed by atoms with Crippen molar-refractivity contribution in [2.45, 2.75) is 25.6 Å². The number of rotatable bonds is 0. The summed E-state index contributed by atoms with van der Waals surface area (Å²) in [6.45, 7) is 4.41. The van der Waals surface area contributed by atoms with E-state index in [0.29, 0.717) is 5.31 Å². The Kier molecular flexibility index (Phi) is 1.52. The third-order valence-corrected chi connectivity index (χ3v) is 1.64. The largest absolute Gasteiger partial charge is 0.114 e. The molecule has 1 rings (SSSR count). The van der Waals surface area contributed by atoms with Gasteiger partial charge in [-0.05, 0) is 18.7 Å². The minimum Gasteiger partial charge on any atom is -0.0842 e. The SMILES string of the molecule is BC1(C)C=C(C)C=CC1. The van der Waals surface area contributed by atoms with Gasteiger partial charge in [-0.25, -0.2) is 0 Å². The van der Waals surface area contributed by atoms with Gasteiger partial charge in [0.1, 0.15) is 7.85 Å². The maximum atomic E-state index is 2.33.